The minimum Gasteiger partial charge on any atom is -0.452 e. The van der Waals surface area contributed by atoms with Crippen LogP contribution >= 0.6 is 15.9 Å². The Labute approximate surface area is 148 Å². The molecule has 128 valence electrons. The Morgan fingerprint density at radius 2 is 1.96 bits per heavy atom. The quantitative estimate of drug-likeness (QED) is 0.758. The molecule has 1 heterocycles. The summed E-state index contributed by atoms with van der Waals surface area (Å²) in [6, 6.07) is 7.58. The average molecular weight is 395 g/mol. The van der Waals surface area contributed by atoms with Gasteiger partial charge in [0.2, 0.25) is 0 Å². The van der Waals surface area contributed by atoms with Gasteiger partial charge in [-0.05, 0) is 38.0 Å². The summed E-state index contributed by atoms with van der Waals surface area (Å²) >= 11 is 3.38. The van der Waals surface area contributed by atoms with Crippen LogP contribution in [-0.2, 0) is 9.53 Å². The number of aromatic nitrogens is 1. The van der Waals surface area contributed by atoms with Crippen molar-refractivity contribution in [2.75, 3.05) is 6.61 Å². The Kier molecular flexibility index (Phi) is 6.14. The molecule has 0 aliphatic carbocycles. The molecule has 6 nitrogen and oxygen atoms in total. The van der Waals surface area contributed by atoms with E-state index in [1.807, 2.05) is 31.2 Å². The summed E-state index contributed by atoms with van der Waals surface area (Å²) in [5.74, 6) is -0.595. The second-order valence-electron chi connectivity index (χ2n) is 5.36. The van der Waals surface area contributed by atoms with Gasteiger partial charge in [0.25, 0.3) is 5.91 Å². The highest BCUT2D eigenvalue weighted by Gasteiger charge is 2.20. The minimum absolute atomic E-state index is 0.136. The third-order valence-corrected chi connectivity index (χ3v) is 4.12. The largest absolute Gasteiger partial charge is 0.452 e. The van der Waals surface area contributed by atoms with Crippen LogP contribution in [0.2, 0.25) is 0 Å². The van der Waals surface area contributed by atoms with Crippen molar-refractivity contribution in [2.45, 2.75) is 33.2 Å². The van der Waals surface area contributed by atoms with Crippen LogP contribution in [0.15, 0.2) is 33.3 Å². The van der Waals surface area contributed by atoms with E-state index in [1.165, 1.54) is 0 Å². The van der Waals surface area contributed by atoms with Crippen molar-refractivity contribution < 1.29 is 18.8 Å². The summed E-state index contributed by atoms with van der Waals surface area (Å²) in [5.41, 5.74) is 1.70. The number of rotatable bonds is 6. The highest BCUT2D eigenvalue weighted by Crippen LogP contribution is 2.19. The zero-order chi connectivity index (χ0) is 17.7. The molecule has 0 unspecified atom stereocenters. The van der Waals surface area contributed by atoms with Crippen LogP contribution in [0, 0.1) is 13.8 Å². The minimum atomic E-state index is -0.613. The molecule has 0 bridgehead atoms. The van der Waals surface area contributed by atoms with Crippen LogP contribution in [-0.4, -0.2) is 23.6 Å². The Morgan fingerprint density at radius 3 is 2.50 bits per heavy atom. The lowest BCUT2D eigenvalue weighted by Crippen LogP contribution is -2.32. The number of benzene rings is 1. The summed E-state index contributed by atoms with van der Waals surface area (Å²) in [6.07, 6.45) is 0.727. The molecular formula is C17H19BrN2O4. The van der Waals surface area contributed by atoms with E-state index in [0.717, 1.165) is 16.5 Å². The molecule has 1 aromatic heterocycles. The smallest absolute Gasteiger partial charge is 0.344 e. The molecule has 7 heteroatoms. The molecule has 1 aromatic carbocycles. The van der Waals surface area contributed by atoms with Gasteiger partial charge in [0.15, 0.2) is 6.61 Å². The van der Waals surface area contributed by atoms with Gasteiger partial charge in [-0.2, -0.15) is 0 Å². The standard InChI is InChI=1S/C17H19BrN2O4/c1-4-14(12-5-7-13(18)8-6-12)19-15(21)9-23-17(22)16-10(2)20-24-11(16)3/h5-8,14H,4,9H2,1-3H3,(H,19,21)/t14-/m1/s1. The van der Waals surface area contributed by atoms with Crippen molar-refractivity contribution >= 4 is 27.8 Å². The average Bonchev–Trinajstić information content (AvgIpc) is 2.90. The molecule has 1 atom stereocenters. The summed E-state index contributed by atoms with van der Waals surface area (Å²) in [5, 5.41) is 6.55. The van der Waals surface area contributed by atoms with Gasteiger partial charge in [-0.1, -0.05) is 40.1 Å². The van der Waals surface area contributed by atoms with Gasteiger partial charge in [0.05, 0.1) is 11.7 Å². The van der Waals surface area contributed by atoms with Crippen molar-refractivity contribution in [3.05, 3.63) is 51.3 Å². The molecule has 0 aliphatic heterocycles. The highest BCUT2D eigenvalue weighted by atomic mass is 79.9. The fraction of sp³-hybridized carbons (Fsp3) is 0.353. The highest BCUT2D eigenvalue weighted by molar-refractivity contribution is 9.10. The summed E-state index contributed by atoms with van der Waals surface area (Å²) in [7, 11) is 0. The van der Waals surface area contributed by atoms with Crippen molar-refractivity contribution in [1.82, 2.24) is 10.5 Å². The van der Waals surface area contributed by atoms with E-state index in [0.29, 0.717) is 11.5 Å². The Balaban J connectivity index is 1.92. The Hall–Kier alpha value is -2.15. The van der Waals surface area contributed by atoms with Gasteiger partial charge in [-0.15, -0.1) is 0 Å². The van der Waals surface area contributed by atoms with Crippen LogP contribution < -0.4 is 5.32 Å². The van der Waals surface area contributed by atoms with Gasteiger partial charge in [0, 0.05) is 4.47 Å². The van der Waals surface area contributed by atoms with E-state index in [2.05, 4.69) is 26.4 Å². The number of amides is 1. The molecule has 0 radical (unpaired) electrons. The maximum absolute atomic E-state index is 12.1. The van der Waals surface area contributed by atoms with Crippen LogP contribution in [0.1, 0.15) is 46.8 Å². The van der Waals surface area contributed by atoms with Crippen molar-refractivity contribution in [2.24, 2.45) is 0 Å². The number of hydrogen-bond donors (Lipinski definition) is 1. The molecule has 24 heavy (non-hydrogen) atoms. The van der Waals surface area contributed by atoms with E-state index in [1.54, 1.807) is 13.8 Å². The van der Waals surface area contributed by atoms with Crippen LogP contribution in [0.4, 0.5) is 0 Å². The zero-order valence-corrected chi connectivity index (χ0v) is 15.3. The number of esters is 1. The van der Waals surface area contributed by atoms with E-state index in [9.17, 15) is 9.59 Å². The Bertz CT molecular complexity index is 705. The van der Waals surface area contributed by atoms with E-state index < -0.39 is 5.97 Å². The number of ether oxygens (including phenoxy) is 1. The monoisotopic (exact) mass is 394 g/mol. The number of aryl methyl sites for hydroxylation is 2. The molecule has 0 spiro atoms. The first-order chi connectivity index (χ1) is 11.4. The fourth-order valence-corrected chi connectivity index (χ4v) is 2.59. The first-order valence-electron chi connectivity index (χ1n) is 7.57. The van der Waals surface area contributed by atoms with E-state index in [-0.39, 0.29) is 24.1 Å². The topological polar surface area (TPSA) is 81.4 Å². The first kappa shape index (κ1) is 18.2. The maximum atomic E-state index is 12.1. The number of hydrogen-bond acceptors (Lipinski definition) is 5. The Morgan fingerprint density at radius 1 is 1.29 bits per heavy atom. The predicted molar refractivity (Wildman–Crippen MR) is 91.6 cm³/mol. The molecule has 0 fully saturated rings. The molecule has 2 aromatic rings. The molecule has 0 saturated carbocycles. The second-order valence-corrected chi connectivity index (χ2v) is 6.27. The summed E-state index contributed by atoms with van der Waals surface area (Å²) < 4.78 is 10.9. The van der Waals surface area contributed by atoms with Crippen molar-refractivity contribution in [3.8, 4) is 0 Å². The van der Waals surface area contributed by atoms with Gasteiger partial charge in [-0.3, -0.25) is 4.79 Å². The lowest BCUT2D eigenvalue weighted by molar-refractivity contribution is -0.125. The van der Waals surface area contributed by atoms with Crippen molar-refractivity contribution in [1.29, 1.82) is 0 Å². The molecule has 1 N–H and O–H groups in total. The normalized spacial score (nSPS) is 11.8. The molecule has 0 aliphatic rings. The first-order valence-corrected chi connectivity index (χ1v) is 8.36. The number of nitrogens with zero attached hydrogens (tertiary/aromatic N) is 1. The molecule has 2 rings (SSSR count). The maximum Gasteiger partial charge on any atom is 0.344 e. The van der Waals surface area contributed by atoms with Gasteiger partial charge in [0.1, 0.15) is 11.3 Å². The number of carbonyl (C=O) groups is 2. The number of nitrogens with one attached hydrogen (secondary N) is 1. The molecular weight excluding hydrogens is 376 g/mol. The lowest BCUT2D eigenvalue weighted by atomic mass is 10.0. The zero-order valence-electron chi connectivity index (χ0n) is 13.8. The fourth-order valence-electron chi connectivity index (χ4n) is 2.33. The SMILES string of the molecule is CC[C@@H](NC(=O)COC(=O)c1c(C)noc1C)c1ccc(Br)cc1. The third kappa shape index (κ3) is 4.44. The van der Waals surface area contributed by atoms with Crippen molar-refractivity contribution in [3.63, 3.8) is 0 Å². The number of carbonyl (C=O) groups excluding carboxylic acids is 2. The number of halogens is 1. The van der Waals surface area contributed by atoms with Gasteiger partial charge < -0.3 is 14.6 Å². The van der Waals surface area contributed by atoms with Gasteiger partial charge >= 0.3 is 5.97 Å². The lowest BCUT2D eigenvalue weighted by Gasteiger charge is -2.17. The van der Waals surface area contributed by atoms with E-state index >= 15 is 0 Å². The predicted octanol–water partition coefficient (Wildman–Crippen LogP) is 3.48. The second kappa shape index (κ2) is 8.10. The summed E-state index contributed by atoms with van der Waals surface area (Å²) in [4.78, 5) is 24.1. The van der Waals surface area contributed by atoms with E-state index in [4.69, 9.17) is 9.26 Å². The van der Waals surface area contributed by atoms with Gasteiger partial charge in [-0.25, -0.2) is 4.79 Å². The van der Waals surface area contributed by atoms with Crippen LogP contribution in [0.3, 0.4) is 0 Å². The summed E-state index contributed by atoms with van der Waals surface area (Å²) in [6.45, 7) is 4.89. The molecule has 1 amide bonds. The van der Waals surface area contributed by atoms with Crippen LogP contribution in [0.25, 0.3) is 0 Å². The third-order valence-electron chi connectivity index (χ3n) is 3.59. The van der Waals surface area contributed by atoms with Crippen LogP contribution in [0.5, 0.6) is 0 Å². The molecule has 0 saturated heterocycles.